The van der Waals surface area contributed by atoms with E-state index >= 15 is 0 Å². The molecule has 20 heavy (non-hydrogen) atoms. The molecule has 2 rings (SSSR count). The van der Waals surface area contributed by atoms with Gasteiger partial charge in [0.05, 0.1) is 7.11 Å². The first-order chi connectivity index (χ1) is 9.83. The van der Waals surface area contributed by atoms with Gasteiger partial charge < -0.3 is 15.2 Å². The van der Waals surface area contributed by atoms with Crippen molar-refractivity contribution in [2.45, 2.75) is 25.7 Å². The van der Waals surface area contributed by atoms with E-state index < -0.39 is 0 Å². The van der Waals surface area contributed by atoms with Crippen molar-refractivity contribution in [3.05, 3.63) is 23.8 Å². The topological polar surface area (TPSA) is 47.7 Å². The maximum absolute atomic E-state index is 5.96. The molecule has 112 valence electrons. The van der Waals surface area contributed by atoms with E-state index in [0.717, 1.165) is 36.6 Å². The summed E-state index contributed by atoms with van der Waals surface area (Å²) in [6, 6.07) is 5.96. The van der Waals surface area contributed by atoms with Crippen LogP contribution in [-0.4, -0.2) is 44.8 Å². The summed E-state index contributed by atoms with van der Waals surface area (Å²) in [5, 5.41) is 0. The molecule has 1 heterocycles. The number of methoxy groups -OCH3 is 1. The predicted octanol–water partition coefficient (Wildman–Crippen LogP) is 2.06. The molecular weight excluding hydrogens is 252 g/mol. The zero-order valence-corrected chi connectivity index (χ0v) is 12.4. The van der Waals surface area contributed by atoms with Gasteiger partial charge in [-0.05, 0) is 50.5 Å². The van der Waals surface area contributed by atoms with Crippen LogP contribution in [-0.2, 0) is 6.42 Å². The van der Waals surface area contributed by atoms with Crippen molar-refractivity contribution in [1.82, 2.24) is 4.90 Å². The normalized spacial score (nSPS) is 16.1. The Morgan fingerprint density at radius 3 is 2.70 bits per heavy atom. The molecule has 0 saturated carbocycles. The maximum atomic E-state index is 5.96. The number of piperidine rings is 1. The smallest absolute Gasteiger partial charge is 0.126 e. The minimum Gasteiger partial charge on any atom is -0.497 e. The van der Waals surface area contributed by atoms with Gasteiger partial charge in [-0.1, -0.05) is 12.5 Å². The zero-order chi connectivity index (χ0) is 14.2. The molecule has 0 unspecified atom stereocenters. The fourth-order valence-electron chi connectivity index (χ4n) is 2.63. The summed E-state index contributed by atoms with van der Waals surface area (Å²) in [5.74, 6) is 1.74. The molecule has 1 fully saturated rings. The predicted molar refractivity (Wildman–Crippen MR) is 81.5 cm³/mol. The second-order valence-electron chi connectivity index (χ2n) is 5.26. The molecule has 1 aliphatic rings. The minimum atomic E-state index is 0.634. The van der Waals surface area contributed by atoms with Crippen LogP contribution >= 0.6 is 0 Å². The summed E-state index contributed by atoms with van der Waals surface area (Å²) in [6.07, 6.45) is 4.84. The van der Waals surface area contributed by atoms with Crippen LogP contribution in [0, 0.1) is 0 Å². The minimum absolute atomic E-state index is 0.634. The lowest BCUT2D eigenvalue weighted by Crippen LogP contribution is -2.33. The fraction of sp³-hybridized carbons (Fsp3) is 0.625. The number of hydrogen-bond acceptors (Lipinski definition) is 4. The van der Waals surface area contributed by atoms with Gasteiger partial charge in [0.15, 0.2) is 0 Å². The van der Waals surface area contributed by atoms with Crippen LogP contribution in [0.15, 0.2) is 18.2 Å². The van der Waals surface area contributed by atoms with Crippen molar-refractivity contribution in [3.8, 4) is 11.5 Å². The van der Waals surface area contributed by atoms with E-state index in [1.54, 1.807) is 7.11 Å². The molecule has 0 bridgehead atoms. The summed E-state index contributed by atoms with van der Waals surface area (Å²) >= 11 is 0. The Bertz CT molecular complexity index is 403. The Labute approximate surface area is 121 Å². The molecule has 0 spiro atoms. The molecule has 0 amide bonds. The molecule has 0 aliphatic carbocycles. The van der Waals surface area contributed by atoms with E-state index in [0.29, 0.717) is 6.54 Å². The van der Waals surface area contributed by atoms with Gasteiger partial charge in [-0.2, -0.15) is 0 Å². The lowest BCUT2D eigenvalue weighted by atomic mass is 10.1. The van der Waals surface area contributed by atoms with Gasteiger partial charge in [-0.15, -0.1) is 0 Å². The van der Waals surface area contributed by atoms with Crippen LogP contribution in [0.5, 0.6) is 11.5 Å². The molecule has 2 N–H and O–H groups in total. The average Bonchev–Trinajstić information content (AvgIpc) is 2.50. The van der Waals surface area contributed by atoms with Crippen molar-refractivity contribution in [2.24, 2.45) is 5.73 Å². The Hall–Kier alpha value is -1.26. The van der Waals surface area contributed by atoms with Crippen LogP contribution in [0.3, 0.4) is 0 Å². The van der Waals surface area contributed by atoms with Gasteiger partial charge in [0.1, 0.15) is 18.1 Å². The van der Waals surface area contributed by atoms with Gasteiger partial charge >= 0.3 is 0 Å². The van der Waals surface area contributed by atoms with Crippen LogP contribution in [0.4, 0.5) is 0 Å². The Kier molecular flexibility index (Phi) is 6.15. The number of benzene rings is 1. The van der Waals surface area contributed by atoms with Gasteiger partial charge in [-0.25, -0.2) is 0 Å². The third kappa shape index (κ3) is 4.39. The van der Waals surface area contributed by atoms with E-state index in [-0.39, 0.29) is 0 Å². The quantitative estimate of drug-likeness (QED) is 0.829. The number of nitrogens with two attached hydrogens (primary N) is 1. The number of rotatable bonds is 7. The first-order valence-electron chi connectivity index (χ1n) is 7.55. The first-order valence-corrected chi connectivity index (χ1v) is 7.55. The standard InChI is InChI=1S/C16H26N2O2/c1-19-15-6-5-14(7-8-17)16(13-15)20-12-11-18-9-3-2-4-10-18/h5-6,13H,2-4,7-12,17H2,1H3. The Morgan fingerprint density at radius 2 is 2.00 bits per heavy atom. The number of hydrogen-bond donors (Lipinski definition) is 1. The molecule has 4 heteroatoms. The number of nitrogens with zero attached hydrogens (tertiary/aromatic N) is 1. The average molecular weight is 278 g/mol. The van der Waals surface area contributed by atoms with Crippen molar-refractivity contribution in [3.63, 3.8) is 0 Å². The van der Waals surface area contributed by atoms with Gasteiger partial charge in [0, 0.05) is 12.6 Å². The highest BCUT2D eigenvalue weighted by Crippen LogP contribution is 2.25. The highest BCUT2D eigenvalue weighted by Gasteiger charge is 2.10. The van der Waals surface area contributed by atoms with E-state index in [9.17, 15) is 0 Å². The zero-order valence-electron chi connectivity index (χ0n) is 12.4. The summed E-state index contributed by atoms with van der Waals surface area (Å²) in [6.45, 7) is 4.77. The van der Waals surface area contributed by atoms with Crippen LogP contribution in [0.25, 0.3) is 0 Å². The number of likely N-dealkylation sites (tertiary alicyclic amines) is 1. The monoisotopic (exact) mass is 278 g/mol. The molecular formula is C16H26N2O2. The van der Waals surface area contributed by atoms with E-state index in [1.807, 2.05) is 18.2 Å². The van der Waals surface area contributed by atoms with Crippen LogP contribution in [0.1, 0.15) is 24.8 Å². The Morgan fingerprint density at radius 1 is 1.20 bits per heavy atom. The fourth-order valence-corrected chi connectivity index (χ4v) is 2.63. The summed E-state index contributed by atoms with van der Waals surface area (Å²) in [4.78, 5) is 2.48. The summed E-state index contributed by atoms with van der Waals surface area (Å²) in [5.41, 5.74) is 6.81. The molecule has 0 aromatic heterocycles. The molecule has 0 atom stereocenters. The Balaban J connectivity index is 1.89. The van der Waals surface area contributed by atoms with Crippen molar-refractivity contribution in [2.75, 3.05) is 39.9 Å². The van der Waals surface area contributed by atoms with Gasteiger partial charge in [0.2, 0.25) is 0 Å². The molecule has 1 aliphatic heterocycles. The lowest BCUT2D eigenvalue weighted by molar-refractivity contribution is 0.182. The SMILES string of the molecule is COc1ccc(CCN)c(OCCN2CCCCC2)c1. The third-order valence-corrected chi connectivity index (χ3v) is 3.80. The van der Waals surface area contributed by atoms with Gasteiger partial charge in [-0.3, -0.25) is 4.90 Å². The first kappa shape index (κ1) is 15.1. The van der Waals surface area contributed by atoms with Crippen molar-refractivity contribution < 1.29 is 9.47 Å². The molecule has 1 aromatic rings. The second-order valence-corrected chi connectivity index (χ2v) is 5.26. The van der Waals surface area contributed by atoms with E-state index in [1.165, 1.54) is 32.4 Å². The molecule has 1 saturated heterocycles. The molecule has 4 nitrogen and oxygen atoms in total. The number of ether oxygens (including phenoxy) is 2. The summed E-state index contributed by atoms with van der Waals surface area (Å²) in [7, 11) is 1.68. The van der Waals surface area contributed by atoms with E-state index in [4.69, 9.17) is 15.2 Å². The highest BCUT2D eigenvalue weighted by molar-refractivity contribution is 5.41. The maximum Gasteiger partial charge on any atom is 0.126 e. The second kappa shape index (κ2) is 8.12. The van der Waals surface area contributed by atoms with Crippen LogP contribution in [0.2, 0.25) is 0 Å². The lowest BCUT2D eigenvalue weighted by Gasteiger charge is -2.26. The summed E-state index contributed by atoms with van der Waals surface area (Å²) < 4.78 is 11.2. The van der Waals surface area contributed by atoms with Crippen LogP contribution < -0.4 is 15.2 Å². The molecule has 1 aromatic carbocycles. The van der Waals surface area contributed by atoms with Crippen molar-refractivity contribution in [1.29, 1.82) is 0 Å². The highest BCUT2D eigenvalue weighted by atomic mass is 16.5. The largest absolute Gasteiger partial charge is 0.497 e. The van der Waals surface area contributed by atoms with E-state index in [2.05, 4.69) is 4.90 Å². The van der Waals surface area contributed by atoms with Gasteiger partial charge in [0.25, 0.3) is 0 Å². The molecule has 0 radical (unpaired) electrons. The van der Waals surface area contributed by atoms with Crippen molar-refractivity contribution >= 4 is 0 Å². The third-order valence-electron chi connectivity index (χ3n) is 3.80.